The van der Waals surface area contributed by atoms with E-state index in [1.165, 1.54) is 17.9 Å². The zero-order chi connectivity index (χ0) is 24.3. The molecule has 1 aliphatic heterocycles. The van der Waals surface area contributed by atoms with Crippen LogP contribution in [0.25, 0.3) is 0 Å². The van der Waals surface area contributed by atoms with Crippen LogP contribution in [0.3, 0.4) is 0 Å². The summed E-state index contributed by atoms with van der Waals surface area (Å²) in [5, 5.41) is 5.23. The van der Waals surface area contributed by atoms with Crippen molar-refractivity contribution >= 4 is 45.1 Å². The third-order valence-electron chi connectivity index (χ3n) is 5.17. The number of likely N-dealkylation sites (N-methyl/N-ethyl adjacent to an activating group) is 1. The fourth-order valence-corrected chi connectivity index (χ4v) is 3.87. The van der Waals surface area contributed by atoms with Gasteiger partial charge in [0, 0.05) is 29.1 Å². The van der Waals surface area contributed by atoms with E-state index in [0.29, 0.717) is 11.3 Å². The highest BCUT2D eigenvalue weighted by Gasteiger charge is 2.33. The number of hydrogen-bond donors (Lipinski definition) is 2. The third-order valence-corrected chi connectivity index (χ3v) is 5.66. The molecule has 3 amide bonds. The van der Waals surface area contributed by atoms with E-state index in [4.69, 9.17) is 0 Å². The minimum absolute atomic E-state index is 0.142. The summed E-state index contributed by atoms with van der Waals surface area (Å²) in [4.78, 5) is 43.9. The van der Waals surface area contributed by atoms with E-state index in [0.717, 1.165) is 4.47 Å². The van der Waals surface area contributed by atoms with Crippen molar-refractivity contribution in [3.63, 3.8) is 0 Å². The number of nitrogens with one attached hydrogen (secondary N) is 2. The van der Waals surface area contributed by atoms with E-state index in [1.807, 2.05) is 13.8 Å². The van der Waals surface area contributed by atoms with Gasteiger partial charge >= 0.3 is 0 Å². The Labute approximate surface area is 200 Å². The van der Waals surface area contributed by atoms with Crippen LogP contribution in [0.4, 0.5) is 10.1 Å². The first-order chi connectivity index (χ1) is 15.6. The highest BCUT2D eigenvalue weighted by atomic mass is 79.9. The first-order valence-electron chi connectivity index (χ1n) is 10.6. The van der Waals surface area contributed by atoms with Crippen molar-refractivity contribution in [3.8, 4) is 0 Å². The number of benzene rings is 2. The molecule has 2 N–H and O–H groups in total. The zero-order valence-corrected chi connectivity index (χ0v) is 20.4. The number of hydrogen-bond acceptors (Lipinski definition) is 4. The Balaban J connectivity index is 1.98. The molecular formula is C24H26BrFN4O3. The van der Waals surface area contributed by atoms with Gasteiger partial charge in [-0.2, -0.15) is 0 Å². The number of rotatable bonds is 6. The van der Waals surface area contributed by atoms with Gasteiger partial charge in [-0.3, -0.25) is 14.4 Å². The van der Waals surface area contributed by atoms with Crippen LogP contribution in [0.2, 0.25) is 0 Å². The van der Waals surface area contributed by atoms with Crippen molar-refractivity contribution < 1.29 is 18.8 Å². The number of fused-ring (bicyclic) bond motifs is 1. The number of anilines is 1. The highest BCUT2D eigenvalue weighted by molar-refractivity contribution is 9.10. The molecule has 2 atom stereocenters. The Kier molecular flexibility index (Phi) is 7.63. The van der Waals surface area contributed by atoms with Crippen LogP contribution in [0, 0.1) is 11.7 Å². The van der Waals surface area contributed by atoms with E-state index in [1.54, 1.807) is 43.4 Å². The lowest BCUT2D eigenvalue weighted by atomic mass is 10.00. The molecule has 174 valence electrons. The van der Waals surface area contributed by atoms with Gasteiger partial charge in [-0.1, -0.05) is 41.9 Å². The molecular weight excluding hydrogens is 491 g/mol. The van der Waals surface area contributed by atoms with E-state index >= 15 is 0 Å². The minimum atomic E-state index is -1.30. The lowest BCUT2D eigenvalue weighted by molar-refractivity contribution is -0.131. The minimum Gasteiger partial charge on any atom is -0.345 e. The second-order valence-electron chi connectivity index (χ2n) is 8.31. The standard InChI is InChI=1S/C24H26BrFN4O3/c1-13(2)11-20(31)27-14(3)23(32)29-22-24(33)30(4)19-10-9-15(25)12-17(19)21(28-22)16-7-5-6-8-18(16)26/h5-10,12-14,22H,11H2,1-4H3,(H,27,31)(H,29,32)/t14-,22?/m0/s1. The number of benzodiazepines with no additional fused rings is 1. The Bertz CT molecular complexity index is 1120. The predicted molar refractivity (Wildman–Crippen MR) is 129 cm³/mol. The van der Waals surface area contributed by atoms with Gasteiger partial charge in [0.2, 0.25) is 18.0 Å². The maximum absolute atomic E-state index is 14.7. The first kappa shape index (κ1) is 24.6. The quantitative estimate of drug-likeness (QED) is 0.616. The smallest absolute Gasteiger partial charge is 0.272 e. The first-order valence-corrected chi connectivity index (χ1v) is 11.4. The Morgan fingerprint density at radius 2 is 1.85 bits per heavy atom. The van der Waals surface area contributed by atoms with Gasteiger partial charge in [-0.15, -0.1) is 0 Å². The molecule has 1 unspecified atom stereocenters. The molecule has 0 saturated heterocycles. The predicted octanol–water partition coefficient (Wildman–Crippen LogP) is 3.40. The van der Waals surface area contributed by atoms with Crippen LogP contribution in [0.1, 0.15) is 38.3 Å². The molecule has 9 heteroatoms. The van der Waals surface area contributed by atoms with Gasteiger partial charge in [-0.05, 0) is 43.2 Å². The summed E-state index contributed by atoms with van der Waals surface area (Å²) in [7, 11) is 1.57. The molecule has 0 aliphatic carbocycles. The lowest BCUT2D eigenvalue weighted by Gasteiger charge is -2.22. The summed E-state index contributed by atoms with van der Waals surface area (Å²) < 4.78 is 15.5. The molecule has 0 bridgehead atoms. The van der Waals surface area contributed by atoms with Gasteiger partial charge in [0.05, 0.1) is 11.4 Å². The van der Waals surface area contributed by atoms with Crippen molar-refractivity contribution in [2.75, 3.05) is 11.9 Å². The molecule has 7 nitrogen and oxygen atoms in total. The lowest BCUT2D eigenvalue weighted by Crippen LogP contribution is -2.52. The van der Waals surface area contributed by atoms with Crippen LogP contribution in [-0.4, -0.2) is 42.7 Å². The van der Waals surface area contributed by atoms with Crippen molar-refractivity contribution in [1.82, 2.24) is 10.6 Å². The number of nitrogens with zero attached hydrogens (tertiary/aromatic N) is 2. The molecule has 0 fully saturated rings. The van der Waals surface area contributed by atoms with E-state index in [2.05, 4.69) is 31.6 Å². The molecule has 2 aromatic rings. The third kappa shape index (κ3) is 5.65. The van der Waals surface area contributed by atoms with Gasteiger partial charge in [0.1, 0.15) is 11.9 Å². The van der Waals surface area contributed by atoms with E-state index in [-0.39, 0.29) is 29.5 Å². The number of carbonyl (C=O) groups excluding carboxylic acids is 3. The summed E-state index contributed by atoms with van der Waals surface area (Å²) in [5.41, 5.74) is 1.52. The Morgan fingerprint density at radius 3 is 2.52 bits per heavy atom. The summed E-state index contributed by atoms with van der Waals surface area (Å²) in [6, 6.07) is 10.5. The molecule has 0 radical (unpaired) electrons. The topological polar surface area (TPSA) is 90.9 Å². The largest absolute Gasteiger partial charge is 0.345 e. The van der Waals surface area contributed by atoms with Gasteiger partial charge < -0.3 is 15.5 Å². The summed E-state index contributed by atoms with van der Waals surface area (Å²) in [6.07, 6.45) is -1.02. The molecule has 33 heavy (non-hydrogen) atoms. The summed E-state index contributed by atoms with van der Waals surface area (Å²) in [5.74, 6) is -1.67. The Morgan fingerprint density at radius 1 is 1.15 bits per heavy atom. The Hall–Kier alpha value is -3.07. The molecule has 1 aliphatic rings. The molecule has 3 rings (SSSR count). The normalized spacial score (nSPS) is 16.6. The van der Waals surface area contributed by atoms with E-state index in [9.17, 15) is 18.8 Å². The SMILES string of the molecule is CC(C)CC(=O)N[C@@H](C)C(=O)NC1N=C(c2ccccc2F)c2cc(Br)ccc2N(C)C1=O. The zero-order valence-electron chi connectivity index (χ0n) is 18.9. The summed E-state index contributed by atoms with van der Waals surface area (Å²) >= 11 is 3.42. The number of carbonyl (C=O) groups is 3. The van der Waals surface area contributed by atoms with Crippen LogP contribution in [0.15, 0.2) is 51.9 Å². The van der Waals surface area contributed by atoms with Crippen LogP contribution in [-0.2, 0) is 14.4 Å². The monoisotopic (exact) mass is 516 g/mol. The molecule has 2 aromatic carbocycles. The van der Waals surface area contributed by atoms with Crippen molar-refractivity contribution in [3.05, 3.63) is 63.9 Å². The molecule has 0 spiro atoms. The average molecular weight is 517 g/mol. The van der Waals surface area contributed by atoms with Crippen LogP contribution < -0.4 is 15.5 Å². The molecule has 0 aromatic heterocycles. The highest BCUT2D eigenvalue weighted by Crippen LogP contribution is 2.30. The number of halogens is 2. The van der Waals surface area contributed by atoms with Crippen LogP contribution in [0.5, 0.6) is 0 Å². The van der Waals surface area contributed by atoms with Gasteiger partial charge in [-0.25, -0.2) is 9.38 Å². The summed E-state index contributed by atoms with van der Waals surface area (Å²) in [6.45, 7) is 5.34. The maximum Gasteiger partial charge on any atom is 0.272 e. The second kappa shape index (κ2) is 10.2. The molecule has 1 heterocycles. The average Bonchev–Trinajstić information content (AvgIpc) is 2.84. The fraction of sp³-hybridized carbons (Fsp3) is 0.333. The number of amides is 3. The van der Waals surface area contributed by atoms with Crippen LogP contribution >= 0.6 is 15.9 Å². The van der Waals surface area contributed by atoms with Crippen molar-refractivity contribution in [2.45, 2.75) is 39.4 Å². The van der Waals surface area contributed by atoms with Crippen molar-refractivity contribution in [1.29, 1.82) is 0 Å². The van der Waals surface area contributed by atoms with Gasteiger partial charge in [0.25, 0.3) is 5.91 Å². The van der Waals surface area contributed by atoms with Crippen molar-refractivity contribution in [2.24, 2.45) is 10.9 Å². The van der Waals surface area contributed by atoms with E-state index < -0.39 is 29.8 Å². The molecule has 0 saturated carbocycles. The fourth-order valence-electron chi connectivity index (χ4n) is 3.50. The second-order valence-corrected chi connectivity index (χ2v) is 9.23. The maximum atomic E-state index is 14.7. The van der Waals surface area contributed by atoms with Gasteiger partial charge in [0.15, 0.2) is 0 Å². The number of aliphatic imine (C=N–C) groups is 1.